The smallest absolute Gasteiger partial charge is 0.317 e. The summed E-state index contributed by atoms with van der Waals surface area (Å²) in [5.41, 5.74) is 1.04. The Bertz CT molecular complexity index is 450. The molecule has 0 aromatic heterocycles. The summed E-state index contributed by atoms with van der Waals surface area (Å²) in [4.78, 5) is 14.1. The molecule has 5 heteroatoms. The highest BCUT2D eigenvalue weighted by molar-refractivity contribution is 6.30. The molecular formula is C15H21ClN2O2. The zero-order valence-corrected chi connectivity index (χ0v) is 12.7. The van der Waals surface area contributed by atoms with E-state index in [1.165, 1.54) is 0 Å². The Hall–Kier alpha value is -1.26. The average molecular weight is 297 g/mol. The van der Waals surface area contributed by atoms with Gasteiger partial charge in [-0.05, 0) is 38.0 Å². The molecule has 1 heterocycles. The van der Waals surface area contributed by atoms with Gasteiger partial charge >= 0.3 is 6.03 Å². The Morgan fingerprint density at radius 2 is 2.15 bits per heavy atom. The van der Waals surface area contributed by atoms with Crippen molar-refractivity contribution in [2.75, 3.05) is 19.7 Å². The van der Waals surface area contributed by atoms with Crippen LogP contribution in [0.25, 0.3) is 0 Å². The van der Waals surface area contributed by atoms with E-state index in [9.17, 15) is 4.79 Å². The number of hydrogen-bond acceptors (Lipinski definition) is 2. The lowest BCUT2D eigenvalue weighted by Gasteiger charge is -2.25. The quantitative estimate of drug-likeness (QED) is 0.910. The molecule has 20 heavy (non-hydrogen) atoms. The van der Waals surface area contributed by atoms with Crippen molar-refractivity contribution in [2.45, 2.75) is 32.4 Å². The van der Waals surface area contributed by atoms with E-state index in [2.05, 4.69) is 5.32 Å². The van der Waals surface area contributed by atoms with Crippen LogP contribution in [0.1, 0.15) is 31.9 Å². The fraction of sp³-hybridized carbons (Fsp3) is 0.533. The first kappa shape index (κ1) is 15.1. The van der Waals surface area contributed by atoms with E-state index >= 15 is 0 Å². The second-order valence-corrected chi connectivity index (χ2v) is 5.64. The molecule has 0 unspecified atom stereocenters. The summed E-state index contributed by atoms with van der Waals surface area (Å²) in [6.45, 7) is 6.06. The summed E-state index contributed by atoms with van der Waals surface area (Å²) < 4.78 is 5.55. The van der Waals surface area contributed by atoms with Crippen molar-refractivity contribution in [3.05, 3.63) is 34.9 Å². The second kappa shape index (κ2) is 6.95. The molecule has 0 radical (unpaired) electrons. The Morgan fingerprint density at radius 3 is 2.85 bits per heavy atom. The Morgan fingerprint density at radius 1 is 1.45 bits per heavy atom. The molecule has 1 aromatic carbocycles. The Kier molecular flexibility index (Phi) is 5.26. The van der Waals surface area contributed by atoms with Gasteiger partial charge in [-0.2, -0.15) is 0 Å². The van der Waals surface area contributed by atoms with Gasteiger partial charge in [-0.1, -0.05) is 23.7 Å². The standard InChI is InChI=1S/C15H21ClN2O2/c1-11-10-18(8-3-9-20-11)15(19)17-12(2)13-4-6-14(16)7-5-13/h4-7,11-12H,3,8-10H2,1-2H3,(H,17,19)/t11-,12+/m1/s1. The highest BCUT2D eigenvalue weighted by Gasteiger charge is 2.21. The summed E-state index contributed by atoms with van der Waals surface area (Å²) >= 11 is 5.87. The van der Waals surface area contributed by atoms with Gasteiger partial charge in [0.2, 0.25) is 0 Å². The second-order valence-electron chi connectivity index (χ2n) is 5.20. The van der Waals surface area contributed by atoms with E-state index in [1.807, 2.05) is 43.0 Å². The van der Waals surface area contributed by atoms with Crippen LogP contribution in [0.15, 0.2) is 24.3 Å². The first-order valence-corrected chi connectivity index (χ1v) is 7.36. The van der Waals surface area contributed by atoms with Crippen LogP contribution in [-0.2, 0) is 4.74 Å². The molecule has 0 aliphatic carbocycles. The molecule has 4 nitrogen and oxygen atoms in total. The van der Waals surface area contributed by atoms with Gasteiger partial charge in [-0.3, -0.25) is 0 Å². The Labute approximate surface area is 125 Å². The number of amides is 2. The number of rotatable bonds is 2. The number of benzene rings is 1. The van der Waals surface area contributed by atoms with E-state index in [4.69, 9.17) is 16.3 Å². The molecule has 110 valence electrons. The number of hydrogen-bond donors (Lipinski definition) is 1. The van der Waals surface area contributed by atoms with Crippen LogP contribution in [-0.4, -0.2) is 36.7 Å². The van der Waals surface area contributed by atoms with E-state index in [-0.39, 0.29) is 18.2 Å². The molecule has 1 aromatic rings. The average Bonchev–Trinajstić information content (AvgIpc) is 2.64. The summed E-state index contributed by atoms with van der Waals surface area (Å²) in [7, 11) is 0. The maximum absolute atomic E-state index is 12.3. The van der Waals surface area contributed by atoms with Gasteiger partial charge in [0.25, 0.3) is 0 Å². The molecule has 2 atom stereocenters. The van der Waals surface area contributed by atoms with Gasteiger partial charge in [-0.15, -0.1) is 0 Å². The molecule has 0 saturated carbocycles. The third kappa shape index (κ3) is 4.12. The maximum Gasteiger partial charge on any atom is 0.317 e. The van der Waals surface area contributed by atoms with Crippen LogP contribution in [0, 0.1) is 0 Å². The molecule has 2 rings (SSSR count). The molecule has 2 amide bonds. The predicted molar refractivity (Wildman–Crippen MR) is 80.0 cm³/mol. The monoisotopic (exact) mass is 296 g/mol. The lowest BCUT2D eigenvalue weighted by atomic mass is 10.1. The van der Waals surface area contributed by atoms with Crippen LogP contribution in [0.3, 0.4) is 0 Å². The van der Waals surface area contributed by atoms with Crippen LogP contribution < -0.4 is 5.32 Å². The molecule has 0 bridgehead atoms. The number of ether oxygens (including phenoxy) is 1. The highest BCUT2D eigenvalue weighted by Crippen LogP contribution is 2.16. The van der Waals surface area contributed by atoms with Crippen LogP contribution in [0.5, 0.6) is 0 Å². The summed E-state index contributed by atoms with van der Waals surface area (Å²) in [6, 6.07) is 7.45. The third-order valence-corrected chi connectivity index (χ3v) is 3.70. The van der Waals surface area contributed by atoms with Crippen LogP contribution in [0.4, 0.5) is 4.79 Å². The van der Waals surface area contributed by atoms with Crippen molar-refractivity contribution in [1.29, 1.82) is 0 Å². The topological polar surface area (TPSA) is 41.6 Å². The molecule has 1 aliphatic heterocycles. The molecule has 1 saturated heterocycles. The van der Waals surface area contributed by atoms with Crippen LogP contribution in [0.2, 0.25) is 5.02 Å². The highest BCUT2D eigenvalue weighted by atomic mass is 35.5. The van der Waals surface area contributed by atoms with Crippen molar-refractivity contribution in [1.82, 2.24) is 10.2 Å². The van der Waals surface area contributed by atoms with E-state index in [0.29, 0.717) is 11.6 Å². The molecule has 1 aliphatic rings. The van der Waals surface area contributed by atoms with Gasteiger partial charge < -0.3 is 15.0 Å². The van der Waals surface area contributed by atoms with E-state index in [0.717, 1.165) is 25.1 Å². The SMILES string of the molecule is C[C@@H]1CN(C(=O)N[C@@H](C)c2ccc(Cl)cc2)CCCO1. The maximum atomic E-state index is 12.3. The first-order chi connectivity index (χ1) is 9.56. The summed E-state index contributed by atoms with van der Waals surface area (Å²) in [5.74, 6) is 0. The normalized spacial score (nSPS) is 21.1. The van der Waals surface area contributed by atoms with Gasteiger partial charge in [0, 0.05) is 24.7 Å². The summed E-state index contributed by atoms with van der Waals surface area (Å²) in [5, 5.41) is 3.72. The molecule has 1 N–H and O–H groups in total. The Balaban J connectivity index is 1.94. The van der Waals surface area contributed by atoms with Gasteiger partial charge in [0.15, 0.2) is 0 Å². The lowest BCUT2D eigenvalue weighted by Crippen LogP contribution is -2.43. The zero-order chi connectivity index (χ0) is 14.5. The minimum Gasteiger partial charge on any atom is -0.377 e. The number of nitrogens with one attached hydrogen (secondary N) is 1. The minimum atomic E-state index is -0.0424. The van der Waals surface area contributed by atoms with Crippen LogP contribution >= 0.6 is 11.6 Å². The number of carbonyl (C=O) groups excluding carboxylic acids is 1. The predicted octanol–water partition coefficient (Wildman–Crippen LogP) is 3.22. The number of urea groups is 1. The lowest BCUT2D eigenvalue weighted by molar-refractivity contribution is 0.0709. The number of nitrogens with zero attached hydrogens (tertiary/aromatic N) is 1. The summed E-state index contributed by atoms with van der Waals surface area (Å²) in [6.07, 6.45) is 0.974. The van der Waals surface area contributed by atoms with Gasteiger partial charge in [-0.25, -0.2) is 4.79 Å². The van der Waals surface area contributed by atoms with Gasteiger partial charge in [0.05, 0.1) is 12.1 Å². The third-order valence-electron chi connectivity index (χ3n) is 3.45. The molecule has 0 spiro atoms. The van der Waals surface area contributed by atoms with Crippen molar-refractivity contribution in [3.63, 3.8) is 0 Å². The first-order valence-electron chi connectivity index (χ1n) is 6.99. The van der Waals surface area contributed by atoms with Gasteiger partial charge in [0.1, 0.15) is 0 Å². The fourth-order valence-electron chi connectivity index (χ4n) is 2.29. The largest absolute Gasteiger partial charge is 0.377 e. The molecular weight excluding hydrogens is 276 g/mol. The number of carbonyl (C=O) groups is 1. The zero-order valence-electron chi connectivity index (χ0n) is 11.9. The molecule has 1 fully saturated rings. The minimum absolute atomic E-state index is 0.0372. The van der Waals surface area contributed by atoms with Crippen molar-refractivity contribution < 1.29 is 9.53 Å². The van der Waals surface area contributed by atoms with Crippen molar-refractivity contribution in [3.8, 4) is 0 Å². The van der Waals surface area contributed by atoms with E-state index < -0.39 is 0 Å². The van der Waals surface area contributed by atoms with Crippen molar-refractivity contribution in [2.24, 2.45) is 0 Å². The van der Waals surface area contributed by atoms with Crippen molar-refractivity contribution >= 4 is 17.6 Å². The number of halogens is 1. The van der Waals surface area contributed by atoms with E-state index in [1.54, 1.807) is 0 Å². The fourth-order valence-corrected chi connectivity index (χ4v) is 2.42.